The third kappa shape index (κ3) is 4.65. The van der Waals surface area contributed by atoms with Crippen LogP contribution in [-0.4, -0.2) is 41.4 Å². The Kier molecular flexibility index (Phi) is 6.80. The Morgan fingerprint density at radius 1 is 1.06 bits per heavy atom. The van der Waals surface area contributed by atoms with Gasteiger partial charge in [0.2, 0.25) is 4.80 Å². The molecule has 1 heterocycles. The van der Waals surface area contributed by atoms with Crippen molar-refractivity contribution < 1.29 is 19.7 Å². The zero-order valence-corrected chi connectivity index (χ0v) is 19.0. The summed E-state index contributed by atoms with van der Waals surface area (Å²) in [5.41, 5.74) is 2.04. The summed E-state index contributed by atoms with van der Waals surface area (Å²) in [6.07, 6.45) is 7.32. The van der Waals surface area contributed by atoms with Crippen LogP contribution in [0.3, 0.4) is 0 Å². The molecule has 0 bridgehead atoms. The van der Waals surface area contributed by atoms with E-state index in [1.54, 1.807) is 31.0 Å². The highest BCUT2D eigenvalue weighted by Gasteiger charge is 2.17. The van der Waals surface area contributed by atoms with E-state index >= 15 is 0 Å². The van der Waals surface area contributed by atoms with Gasteiger partial charge in [-0.25, -0.2) is 4.68 Å². The van der Waals surface area contributed by atoms with Gasteiger partial charge in [-0.2, -0.15) is 5.10 Å². The second-order valence-corrected chi connectivity index (χ2v) is 8.50. The maximum atomic E-state index is 10.2. The number of aromatic hydroxyl groups is 2. The van der Waals surface area contributed by atoms with E-state index in [0.29, 0.717) is 17.1 Å². The SMILES string of the molecule is COc1ccc(OC)c(-c2csc(=NC3CCCCC3)n2N=Cc2cccc(O)c2O)c1. The molecule has 8 heteroatoms. The molecule has 32 heavy (non-hydrogen) atoms. The normalized spacial score (nSPS) is 15.4. The predicted molar refractivity (Wildman–Crippen MR) is 126 cm³/mol. The lowest BCUT2D eigenvalue weighted by Gasteiger charge is -2.17. The molecule has 0 amide bonds. The van der Waals surface area contributed by atoms with Gasteiger partial charge in [0.1, 0.15) is 11.5 Å². The van der Waals surface area contributed by atoms with Crippen molar-refractivity contribution in [3.05, 3.63) is 52.1 Å². The number of para-hydroxylation sites is 1. The Bertz CT molecular complexity index is 1180. The first-order valence-electron chi connectivity index (χ1n) is 10.6. The molecule has 2 N–H and O–H groups in total. The Labute approximate surface area is 190 Å². The zero-order valence-electron chi connectivity index (χ0n) is 18.2. The maximum absolute atomic E-state index is 10.2. The topological polar surface area (TPSA) is 88.6 Å². The van der Waals surface area contributed by atoms with Gasteiger partial charge < -0.3 is 19.7 Å². The van der Waals surface area contributed by atoms with Gasteiger partial charge in [-0.15, -0.1) is 11.3 Å². The molecule has 0 radical (unpaired) electrons. The van der Waals surface area contributed by atoms with Crippen LogP contribution in [0.1, 0.15) is 37.7 Å². The molecular weight excluding hydrogens is 426 g/mol. The van der Waals surface area contributed by atoms with E-state index in [-0.39, 0.29) is 17.5 Å². The van der Waals surface area contributed by atoms with E-state index in [2.05, 4.69) is 5.10 Å². The Hall–Kier alpha value is -3.26. The third-order valence-corrected chi connectivity index (χ3v) is 6.42. The van der Waals surface area contributed by atoms with Crippen LogP contribution in [0.15, 0.2) is 51.9 Å². The lowest BCUT2D eigenvalue weighted by atomic mass is 9.96. The van der Waals surface area contributed by atoms with Gasteiger partial charge in [-0.3, -0.25) is 4.99 Å². The minimum Gasteiger partial charge on any atom is -0.504 e. The molecule has 1 aromatic heterocycles. The van der Waals surface area contributed by atoms with Crippen LogP contribution in [0.5, 0.6) is 23.0 Å². The molecule has 1 aliphatic rings. The molecular formula is C24H27N3O4S. The van der Waals surface area contributed by atoms with Gasteiger partial charge in [-0.05, 0) is 43.2 Å². The van der Waals surface area contributed by atoms with E-state index in [1.807, 2.05) is 23.6 Å². The van der Waals surface area contributed by atoms with E-state index in [4.69, 9.17) is 14.5 Å². The standard InChI is InChI=1S/C24H27N3O4S/c1-30-18-11-12-22(31-2)19(13-18)20-15-32-24(26-17-8-4-3-5-9-17)27(20)25-14-16-7-6-10-21(28)23(16)29/h6-7,10-15,17,28-29H,3-5,8-9H2,1-2H3. The van der Waals surface area contributed by atoms with Crippen LogP contribution in [0, 0.1) is 0 Å². The van der Waals surface area contributed by atoms with Gasteiger partial charge in [0, 0.05) is 16.5 Å². The first-order valence-corrected chi connectivity index (χ1v) is 11.5. The van der Waals surface area contributed by atoms with Crippen molar-refractivity contribution in [2.24, 2.45) is 10.1 Å². The molecule has 0 saturated heterocycles. The molecule has 1 aliphatic carbocycles. The molecule has 0 aliphatic heterocycles. The molecule has 3 aromatic rings. The van der Waals surface area contributed by atoms with E-state index in [1.165, 1.54) is 42.9 Å². The van der Waals surface area contributed by atoms with Crippen LogP contribution in [0.4, 0.5) is 0 Å². The van der Waals surface area contributed by atoms with Crippen molar-refractivity contribution in [2.45, 2.75) is 38.1 Å². The molecule has 0 unspecified atom stereocenters. The summed E-state index contributed by atoms with van der Waals surface area (Å²) in [6.45, 7) is 0. The van der Waals surface area contributed by atoms with Crippen molar-refractivity contribution in [2.75, 3.05) is 14.2 Å². The van der Waals surface area contributed by atoms with Crippen LogP contribution in [-0.2, 0) is 0 Å². The summed E-state index contributed by atoms with van der Waals surface area (Å²) < 4.78 is 12.8. The van der Waals surface area contributed by atoms with Crippen LogP contribution >= 0.6 is 11.3 Å². The van der Waals surface area contributed by atoms with Crippen molar-refractivity contribution in [3.63, 3.8) is 0 Å². The van der Waals surface area contributed by atoms with E-state index in [9.17, 15) is 10.2 Å². The number of thiazole rings is 1. The van der Waals surface area contributed by atoms with E-state index < -0.39 is 0 Å². The van der Waals surface area contributed by atoms with Gasteiger partial charge in [0.05, 0.1) is 32.2 Å². The van der Waals surface area contributed by atoms with Crippen LogP contribution in [0.2, 0.25) is 0 Å². The smallest absolute Gasteiger partial charge is 0.206 e. The molecule has 168 valence electrons. The van der Waals surface area contributed by atoms with Gasteiger partial charge >= 0.3 is 0 Å². The van der Waals surface area contributed by atoms with Crippen molar-refractivity contribution in [1.29, 1.82) is 0 Å². The number of hydrogen-bond donors (Lipinski definition) is 2. The number of methoxy groups -OCH3 is 2. The van der Waals surface area contributed by atoms with Gasteiger partial charge in [0.15, 0.2) is 11.5 Å². The Morgan fingerprint density at radius 3 is 2.62 bits per heavy atom. The number of benzene rings is 2. The number of aromatic nitrogens is 1. The molecule has 0 spiro atoms. The predicted octanol–water partition coefficient (Wildman–Crippen LogP) is 4.76. The van der Waals surface area contributed by atoms with Crippen molar-refractivity contribution in [1.82, 2.24) is 4.68 Å². The Balaban J connectivity index is 1.85. The third-order valence-electron chi connectivity index (χ3n) is 5.59. The molecule has 1 saturated carbocycles. The first kappa shape index (κ1) is 22.0. The minimum absolute atomic E-state index is 0.189. The number of phenols is 2. The summed E-state index contributed by atoms with van der Waals surface area (Å²) in [7, 11) is 3.25. The fourth-order valence-electron chi connectivity index (χ4n) is 3.84. The molecule has 2 aromatic carbocycles. The van der Waals surface area contributed by atoms with Crippen molar-refractivity contribution in [3.8, 4) is 34.3 Å². The molecule has 1 fully saturated rings. The second kappa shape index (κ2) is 9.91. The summed E-state index contributed by atoms with van der Waals surface area (Å²) in [4.78, 5) is 5.77. The number of phenolic OH excluding ortho intramolecular Hbond substituents is 2. The lowest BCUT2D eigenvalue weighted by molar-refractivity contribution is 0.403. The van der Waals surface area contributed by atoms with Crippen LogP contribution < -0.4 is 14.3 Å². The minimum atomic E-state index is -0.210. The lowest BCUT2D eigenvalue weighted by Crippen LogP contribution is -2.19. The largest absolute Gasteiger partial charge is 0.504 e. The second-order valence-electron chi connectivity index (χ2n) is 7.66. The van der Waals surface area contributed by atoms with Gasteiger partial charge in [-0.1, -0.05) is 25.3 Å². The maximum Gasteiger partial charge on any atom is 0.206 e. The molecule has 4 rings (SSSR count). The molecule has 7 nitrogen and oxygen atoms in total. The van der Waals surface area contributed by atoms with E-state index in [0.717, 1.165) is 28.9 Å². The highest BCUT2D eigenvalue weighted by Crippen LogP contribution is 2.34. The summed E-state index contributed by atoms with van der Waals surface area (Å²) in [5.74, 6) is 1.00. The summed E-state index contributed by atoms with van der Waals surface area (Å²) >= 11 is 1.51. The van der Waals surface area contributed by atoms with Gasteiger partial charge in [0.25, 0.3) is 0 Å². The average molecular weight is 454 g/mol. The highest BCUT2D eigenvalue weighted by molar-refractivity contribution is 7.07. The summed E-state index contributed by atoms with van der Waals surface area (Å²) in [6, 6.07) is 10.7. The number of rotatable bonds is 6. The fourth-order valence-corrected chi connectivity index (χ4v) is 4.74. The molecule has 0 atom stereocenters. The Morgan fingerprint density at radius 2 is 1.88 bits per heavy atom. The number of ether oxygens (including phenoxy) is 2. The average Bonchev–Trinajstić information content (AvgIpc) is 3.22. The zero-order chi connectivity index (χ0) is 22.5. The monoisotopic (exact) mass is 453 g/mol. The van der Waals surface area contributed by atoms with Crippen LogP contribution in [0.25, 0.3) is 11.3 Å². The number of hydrogen-bond acceptors (Lipinski definition) is 7. The number of nitrogens with zero attached hydrogens (tertiary/aromatic N) is 3. The van der Waals surface area contributed by atoms with Crippen molar-refractivity contribution >= 4 is 17.6 Å². The summed E-state index contributed by atoms with van der Waals surface area (Å²) in [5, 5.41) is 26.7. The quantitative estimate of drug-likeness (QED) is 0.416. The fraction of sp³-hybridized carbons (Fsp3) is 0.333. The highest BCUT2D eigenvalue weighted by atomic mass is 32.1. The first-order chi connectivity index (χ1) is 15.6.